The predicted octanol–water partition coefficient (Wildman–Crippen LogP) is 1.48. The highest BCUT2D eigenvalue weighted by molar-refractivity contribution is 5.67. The first kappa shape index (κ1) is 12.4. The molecule has 0 bridgehead atoms. The number of carboxylic acids is 1. The van der Waals surface area contributed by atoms with Crippen LogP contribution in [-0.4, -0.2) is 31.4 Å². The fourth-order valence-electron chi connectivity index (χ4n) is 1.20. The Morgan fingerprint density at radius 1 is 1.50 bits per heavy atom. The van der Waals surface area contributed by atoms with Crippen LogP contribution >= 0.6 is 0 Å². The first-order valence-electron chi connectivity index (χ1n) is 4.75. The van der Waals surface area contributed by atoms with Crippen LogP contribution in [0.5, 0.6) is 5.75 Å². The average Bonchev–Trinajstić information content (AvgIpc) is 2.25. The number of ether oxygens (including phenoxy) is 2. The van der Waals surface area contributed by atoms with Crippen LogP contribution in [-0.2, 0) is 16.0 Å². The second-order valence-corrected chi connectivity index (χ2v) is 3.15. The van der Waals surface area contributed by atoms with E-state index >= 15 is 0 Å². The van der Waals surface area contributed by atoms with Crippen LogP contribution in [0.15, 0.2) is 18.2 Å². The number of aliphatic carboxylic acids is 1. The van der Waals surface area contributed by atoms with Gasteiger partial charge in [-0.05, 0) is 18.1 Å². The topological polar surface area (TPSA) is 55.8 Å². The third kappa shape index (κ3) is 3.86. The molecule has 1 rings (SSSR count). The Kier molecular flexibility index (Phi) is 4.72. The third-order valence-electron chi connectivity index (χ3n) is 2.00. The minimum absolute atomic E-state index is 0.176. The van der Waals surface area contributed by atoms with Crippen LogP contribution in [0.2, 0.25) is 0 Å². The Balaban J connectivity index is 2.45. The largest absolute Gasteiger partial charge is 0.497 e. The molecule has 0 fully saturated rings. The molecule has 0 aliphatic rings. The summed E-state index contributed by atoms with van der Waals surface area (Å²) in [5.74, 6) is -0.957. The van der Waals surface area contributed by atoms with Crippen LogP contribution in [0.3, 0.4) is 0 Å². The molecular weight excluding hydrogens is 215 g/mol. The zero-order valence-corrected chi connectivity index (χ0v) is 8.90. The lowest BCUT2D eigenvalue weighted by molar-refractivity contribution is -0.142. The standard InChI is InChI=1S/C11H13FO4/c1-15-9-3-2-8(10(12)6-9)4-5-16-7-11(13)14/h2-3,6H,4-5,7H2,1H3,(H,13,14). The number of halogens is 1. The molecule has 0 aliphatic carbocycles. The molecule has 0 aromatic heterocycles. The van der Waals surface area contributed by atoms with Crippen molar-refractivity contribution in [2.75, 3.05) is 20.3 Å². The smallest absolute Gasteiger partial charge is 0.329 e. The van der Waals surface area contributed by atoms with E-state index in [0.717, 1.165) is 0 Å². The maximum absolute atomic E-state index is 13.4. The summed E-state index contributed by atoms with van der Waals surface area (Å²) in [6, 6.07) is 4.53. The summed E-state index contributed by atoms with van der Waals surface area (Å²) in [4.78, 5) is 10.1. The Bertz CT molecular complexity index is 365. The fraction of sp³-hybridized carbons (Fsp3) is 0.364. The first-order valence-corrected chi connectivity index (χ1v) is 4.75. The number of rotatable bonds is 6. The van der Waals surface area contributed by atoms with Gasteiger partial charge in [0, 0.05) is 6.07 Å². The summed E-state index contributed by atoms with van der Waals surface area (Å²) in [5, 5.41) is 8.32. The lowest BCUT2D eigenvalue weighted by atomic mass is 10.1. The van der Waals surface area contributed by atoms with Crippen molar-refractivity contribution in [3.8, 4) is 5.75 Å². The molecule has 0 atom stereocenters. The second-order valence-electron chi connectivity index (χ2n) is 3.15. The van der Waals surface area contributed by atoms with Gasteiger partial charge in [0.25, 0.3) is 0 Å². The first-order chi connectivity index (χ1) is 7.63. The molecule has 0 heterocycles. The van der Waals surface area contributed by atoms with Gasteiger partial charge in [0.15, 0.2) is 0 Å². The summed E-state index contributed by atoms with van der Waals surface area (Å²) in [5.41, 5.74) is 0.478. The van der Waals surface area contributed by atoms with Gasteiger partial charge in [-0.3, -0.25) is 0 Å². The van der Waals surface area contributed by atoms with E-state index in [9.17, 15) is 9.18 Å². The zero-order chi connectivity index (χ0) is 12.0. The Hall–Kier alpha value is -1.62. The van der Waals surface area contributed by atoms with E-state index < -0.39 is 5.97 Å². The van der Waals surface area contributed by atoms with Gasteiger partial charge in [-0.2, -0.15) is 0 Å². The highest BCUT2D eigenvalue weighted by Crippen LogP contribution is 2.16. The summed E-state index contributed by atoms with van der Waals surface area (Å²) >= 11 is 0. The molecule has 1 aromatic carbocycles. The van der Waals surface area contributed by atoms with Gasteiger partial charge in [0.1, 0.15) is 18.2 Å². The minimum atomic E-state index is -1.03. The van der Waals surface area contributed by atoms with Gasteiger partial charge >= 0.3 is 5.97 Å². The van der Waals surface area contributed by atoms with Crippen molar-refractivity contribution in [1.82, 2.24) is 0 Å². The van der Waals surface area contributed by atoms with Crippen LogP contribution < -0.4 is 4.74 Å². The number of hydrogen-bond acceptors (Lipinski definition) is 3. The van der Waals surface area contributed by atoms with E-state index in [1.807, 2.05) is 0 Å². The molecule has 88 valence electrons. The van der Waals surface area contributed by atoms with Gasteiger partial charge in [0.2, 0.25) is 0 Å². The number of carbonyl (C=O) groups is 1. The highest BCUT2D eigenvalue weighted by atomic mass is 19.1. The lowest BCUT2D eigenvalue weighted by Gasteiger charge is -2.05. The Labute approximate surface area is 92.6 Å². The molecule has 0 aliphatic heterocycles. The Morgan fingerprint density at radius 3 is 2.81 bits per heavy atom. The SMILES string of the molecule is COc1ccc(CCOCC(=O)O)c(F)c1. The molecule has 16 heavy (non-hydrogen) atoms. The van der Waals surface area contributed by atoms with Crippen molar-refractivity contribution in [3.05, 3.63) is 29.6 Å². The van der Waals surface area contributed by atoms with Crippen molar-refractivity contribution in [3.63, 3.8) is 0 Å². The predicted molar refractivity (Wildman–Crippen MR) is 55.1 cm³/mol. The molecule has 1 N–H and O–H groups in total. The molecule has 0 unspecified atom stereocenters. The molecule has 0 radical (unpaired) electrons. The molecular formula is C11H13FO4. The van der Waals surface area contributed by atoms with Crippen molar-refractivity contribution >= 4 is 5.97 Å². The van der Waals surface area contributed by atoms with E-state index in [1.165, 1.54) is 13.2 Å². The average molecular weight is 228 g/mol. The molecule has 4 nitrogen and oxygen atoms in total. The van der Waals surface area contributed by atoms with Gasteiger partial charge in [0.05, 0.1) is 13.7 Å². The van der Waals surface area contributed by atoms with Gasteiger partial charge in [-0.15, -0.1) is 0 Å². The zero-order valence-electron chi connectivity index (χ0n) is 8.90. The van der Waals surface area contributed by atoms with E-state index in [2.05, 4.69) is 0 Å². The molecule has 1 aromatic rings. The monoisotopic (exact) mass is 228 g/mol. The summed E-state index contributed by atoms with van der Waals surface area (Å²) < 4.78 is 23.0. The quantitative estimate of drug-likeness (QED) is 0.749. The second kappa shape index (κ2) is 6.07. The number of hydrogen-bond donors (Lipinski definition) is 1. The van der Waals surface area contributed by atoms with Gasteiger partial charge in [-0.1, -0.05) is 6.07 Å². The van der Waals surface area contributed by atoms with E-state index in [-0.39, 0.29) is 19.0 Å². The van der Waals surface area contributed by atoms with Crippen LogP contribution in [0, 0.1) is 5.82 Å². The van der Waals surface area contributed by atoms with Gasteiger partial charge < -0.3 is 14.6 Å². The van der Waals surface area contributed by atoms with Crippen molar-refractivity contribution in [2.45, 2.75) is 6.42 Å². The van der Waals surface area contributed by atoms with Crippen molar-refractivity contribution < 1.29 is 23.8 Å². The molecule has 0 saturated heterocycles. The van der Waals surface area contributed by atoms with Gasteiger partial charge in [-0.25, -0.2) is 9.18 Å². The normalized spacial score (nSPS) is 10.1. The van der Waals surface area contributed by atoms with Crippen molar-refractivity contribution in [1.29, 1.82) is 0 Å². The number of methoxy groups -OCH3 is 1. The van der Waals surface area contributed by atoms with E-state index in [4.69, 9.17) is 14.6 Å². The van der Waals surface area contributed by atoms with E-state index in [0.29, 0.717) is 17.7 Å². The maximum Gasteiger partial charge on any atom is 0.329 e. The van der Waals surface area contributed by atoms with E-state index in [1.54, 1.807) is 12.1 Å². The van der Waals surface area contributed by atoms with Crippen LogP contribution in [0.25, 0.3) is 0 Å². The summed E-state index contributed by atoms with van der Waals surface area (Å²) in [6.45, 7) is -0.187. The highest BCUT2D eigenvalue weighted by Gasteiger charge is 2.04. The lowest BCUT2D eigenvalue weighted by Crippen LogP contribution is -2.09. The molecule has 0 spiro atoms. The molecule has 0 amide bonds. The van der Waals surface area contributed by atoms with Crippen LogP contribution in [0.4, 0.5) is 4.39 Å². The molecule has 5 heteroatoms. The third-order valence-corrected chi connectivity index (χ3v) is 2.00. The summed E-state index contributed by atoms with van der Waals surface area (Å²) in [7, 11) is 1.46. The van der Waals surface area contributed by atoms with Crippen molar-refractivity contribution in [2.24, 2.45) is 0 Å². The number of benzene rings is 1. The summed E-state index contributed by atoms with van der Waals surface area (Å²) in [6.07, 6.45) is 0.336. The minimum Gasteiger partial charge on any atom is -0.497 e. The van der Waals surface area contributed by atoms with Crippen LogP contribution in [0.1, 0.15) is 5.56 Å². The fourth-order valence-corrected chi connectivity index (χ4v) is 1.20. The number of carboxylic acid groups (broad SMARTS) is 1. The maximum atomic E-state index is 13.4. The Morgan fingerprint density at radius 2 is 2.25 bits per heavy atom. The molecule has 0 saturated carbocycles.